The first-order valence-electron chi connectivity index (χ1n) is 0.781. The van der Waals surface area contributed by atoms with Crippen LogP contribution in [0.5, 0.6) is 0 Å². The molecule has 0 aliphatic carbocycles. The van der Waals surface area contributed by atoms with Crippen molar-refractivity contribution >= 4 is 22.5 Å². The van der Waals surface area contributed by atoms with Crippen LogP contribution in [0.3, 0.4) is 0 Å². The van der Waals surface area contributed by atoms with Crippen LogP contribution in [-0.2, 0) is 4.79 Å². The molecule has 0 aromatic heterocycles. The van der Waals surface area contributed by atoms with Crippen LogP contribution in [0.25, 0.3) is 0 Å². The van der Waals surface area contributed by atoms with E-state index in [1.54, 1.807) is 22.5 Å². The van der Waals surface area contributed by atoms with Crippen molar-refractivity contribution in [2.75, 3.05) is 0 Å². The number of carbonyl (C=O) groups excluding carboxylic acids is 1. The minimum absolute atomic E-state index is 1.32. The van der Waals surface area contributed by atoms with Gasteiger partial charge < -0.3 is 0 Å². The van der Waals surface area contributed by atoms with Crippen LogP contribution in [-0.4, -0.2) is 22.5 Å². The van der Waals surface area contributed by atoms with E-state index in [0.29, 0.717) is 0 Å². The molecule has 0 N–H and O–H groups in total. The average molecular weight is 114 g/mol. The molecular weight excluding hydrogens is 113 g/mol. The molecule has 0 heterocycles. The van der Waals surface area contributed by atoms with E-state index >= 15 is 0 Å². The van der Waals surface area contributed by atoms with E-state index in [1.165, 1.54) is 4.91 Å². The normalized spacial score (nSPS) is 4.25. The molecule has 0 rings (SSSR count). The van der Waals surface area contributed by atoms with Crippen molar-refractivity contribution in [2.24, 2.45) is 0 Å². The van der Waals surface area contributed by atoms with E-state index in [9.17, 15) is 0 Å². The van der Waals surface area contributed by atoms with Crippen LogP contribution in [0.1, 0.15) is 0 Å². The Bertz CT molecular complexity index is 44.0. The first-order chi connectivity index (χ1) is 1.91. The summed E-state index contributed by atoms with van der Waals surface area (Å²) >= 11 is 1.63. The van der Waals surface area contributed by atoms with Crippen LogP contribution in [0.2, 0.25) is 0 Å². The van der Waals surface area contributed by atoms with Gasteiger partial charge in [0.05, 0.1) is 0 Å². The molecule has 19 valence electrons. The van der Waals surface area contributed by atoms with Gasteiger partial charge in [0, 0.05) is 0 Å². The fraction of sp³-hybridized carbons (Fsp3) is 0. The topological polar surface area (TPSA) is 17.1 Å². The predicted molar refractivity (Wildman–Crippen MR) is 16.0 cm³/mol. The summed E-state index contributed by atoms with van der Waals surface area (Å²) in [5.41, 5.74) is 0. The van der Waals surface area contributed by atoms with Gasteiger partial charge in [0.15, 0.2) is 0 Å². The molecule has 0 spiro atoms. The fourth-order valence-electron chi connectivity index (χ4n) is 0. The fourth-order valence-corrected chi connectivity index (χ4v) is 0. The maximum absolute atomic E-state index is 8.99. The SMILES string of the molecule is O=C=[CH][Ge]. The molecule has 0 bridgehead atoms. The molecule has 0 saturated heterocycles. The van der Waals surface area contributed by atoms with E-state index < -0.39 is 0 Å². The molecule has 0 fully saturated rings. The van der Waals surface area contributed by atoms with Gasteiger partial charge in [-0.1, -0.05) is 0 Å². The van der Waals surface area contributed by atoms with Crippen molar-refractivity contribution in [3.8, 4) is 0 Å². The van der Waals surface area contributed by atoms with Crippen LogP contribution < -0.4 is 0 Å². The summed E-state index contributed by atoms with van der Waals surface area (Å²) in [6.45, 7) is 0. The van der Waals surface area contributed by atoms with Crippen molar-refractivity contribution in [2.45, 2.75) is 0 Å². The zero-order valence-electron chi connectivity index (χ0n) is 1.99. The van der Waals surface area contributed by atoms with Crippen molar-refractivity contribution < 1.29 is 4.79 Å². The van der Waals surface area contributed by atoms with Crippen LogP contribution in [0, 0.1) is 0 Å². The number of hydrogen-bond donors (Lipinski definition) is 0. The van der Waals surface area contributed by atoms with Crippen LogP contribution in [0.4, 0.5) is 0 Å². The van der Waals surface area contributed by atoms with Gasteiger partial charge in [0.2, 0.25) is 0 Å². The standard InChI is InChI=1S/C2HGeO/c3-1-2-4/h1H. The summed E-state index contributed by atoms with van der Waals surface area (Å²) < 4.78 is 0. The summed E-state index contributed by atoms with van der Waals surface area (Å²) in [7, 11) is 0. The Morgan fingerprint density at radius 1 is 2.00 bits per heavy atom. The maximum atomic E-state index is 8.99. The van der Waals surface area contributed by atoms with E-state index in [2.05, 4.69) is 0 Å². The Morgan fingerprint density at radius 2 is 2.25 bits per heavy atom. The molecule has 0 aromatic carbocycles. The Kier molecular flexibility index (Phi) is 2.99. The molecule has 0 atom stereocenters. The average Bonchev–Trinajstić information content (AvgIpc) is 1.37. The van der Waals surface area contributed by atoms with Crippen molar-refractivity contribution in [3.05, 3.63) is 4.91 Å². The predicted octanol–water partition coefficient (Wildman–Crippen LogP) is -0.500. The van der Waals surface area contributed by atoms with Gasteiger partial charge in [-0.15, -0.1) is 0 Å². The monoisotopic (exact) mass is 115 g/mol. The van der Waals surface area contributed by atoms with Gasteiger partial charge in [-0.05, 0) is 0 Å². The second-order valence-electron chi connectivity index (χ2n) is 0.262. The molecule has 1 nitrogen and oxygen atoms in total. The molecule has 0 unspecified atom stereocenters. The van der Waals surface area contributed by atoms with Crippen molar-refractivity contribution in [3.63, 3.8) is 0 Å². The van der Waals surface area contributed by atoms with Gasteiger partial charge >= 0.3 is 32.2 Å². The summed E-state index contributed by atoms with van der Waals surface area (Å²) in [6.07, 6.45) is 0. The van der Waals surface area contributed by atoms with Gasteiger partial charge in [-0.3, -0.25) is 0 Å². The third kappa shape index (κ3) is 1.99. The molecule has 0 aliphatic heterocycles. The first-order valence-corrected chi connectivity index (χ1v) is 1.99. The quantitative estimate of drug-likeness (QED) is 0.306. The molecule has 4 heavy (non-hydrogen) atoms. The molecule has 0 saturated carbocycles. The summed E-state index contributed by atoms with van der Waals surface area (Å²) in [6, 6.07) is 0. The number of rotatable bonds is 0. The first kappa shape index (κ1) is 3.99. The Labute approximate surface area is 32.9 Å². The van der Waals surface area contributed by atoms with Crippen molar-refractivity contribution in [1.82, 2.24) is 0 Å². The zero-order valence-corrected chi connectivity index (χ0v) is 4.08. The van der Waals surface area contributed by atoms with Gasteiger partial charge in [0.25, 0.3) is 0 Å². The van der Waals surface area contributed by atoms with Crippen LogP contribution in [0.15, 0.2) is 4.91 Å². The third-order valence-corrected chi connectivity index (χ3v) is 0.306. The van der Waals surface area contributed by atoms with E-state index in [0.717, 1.165) is 0 Å². The van der Waals surface area contributed by atoms with Gasteiger partial charge in [-0.2, -0.15) is 0 Å². The molecule has 2 heteroatoms. The Morgan fingerprint density at radius 3 is 2.25 bits per heavy atom. The molecule has 3 radical (unpaired) electrons. The van der Waals surface area contributed by atoms with Gasteiger partial charge in [0.1, 0.15) is 0 Å². The van der Waals surface area contributed by atoms with Crippen molar-refractivity contribution in [1.29, 1.82) is 0 Å². The zero-order chi connectivity index (χ0) is 3.41. The van der Waals surface area contributed by atoms with E-state index in [4.69, 9.17) is 4.79 Å². The van der Waals surface area contributed by atoms with E-state index in [1.807, 2.05) is 0 Å². The Balaban J connectivity index is 3.11. The minimum atomic E-state index is 1.32. The van der Waals surface area contributed by atoms with Crippen LogP contribution >= 0.6 is 0 Å². The Hall–Kier alpha value is -0.00714. The third-order valence-electron chi connectivity index (χ3n) is 0.0589. The summed E-state index contributed by atoms with van der Waals surface area (Å²) in [5.74, 6) is 1.56. The molecule has 0 aliphatic rings. The molecular formula is C2HGeO. The van der Waals surface area contributed by atoms with E-state index in [-0.39, 0.29) is 0 Å². The molecule has 0 aromatic rings. The van der Waals surface area contributed by atoms with Gasteiger partial charge in [-0.25, -0.2) is 0 Å². The summed E-state index contributed by atoms with van der Waals surface area (Å²) in [4.78, 5) is 10.3. The molecule has 0 amide bonds. The second kappa shape index (κ2) is 2.99. The number of hydrogen-bond acceptors (Lipinski definition) is 1. The second-order valence-corrected chi connectivity index (χ2v) is 0.868. The summed E-state index contributed by atoms with van der Waals surface area (Å²) in [5, 5.41) is 0.